The Labute approximate surface area is 110 Å². The van der Waals surface area contributed by atoms with E-state index < -0.39 is 0 Å². The molecule has 3 heteroatoms. The fourth-order valence-corrected chi connectivity index (χ4v) is 3.15. The molecule has 2 rings (SSSR count). The maximum absolute atomic E-state index is 6.47. The SMILES string of the molecule is CCOc1ccc(C(Cl)C2CCC2)c(Br)c1. The Hall–Kier alpha value is -0.210. The third-order valence-electron chi connectivity index (χ3n) is 3.14. The summed E-state index contributed by atoms with van der Waals surface area (Å²) in [5, 5.41) is 0.138. The van der Waals surface area contributed by atoms with E-state index in [-0.39, 0.29) is 5.38 Å². The molecule has 1 atom stereocenters. The van der Waals surface area contributed by atoms with Gasteiger partial charge in [0.2, 0.25) is 0 Å². The van der Waals surface area contributed by atoms with Gasteiger partial charge in [-0.05, 0) is 43.4 Å². The summed E-state index contributed by atoms with van der Waals surface area (Å²) < 4.78 is 6.51. The second-order valence-corrected chi connectivity index (χ2v) is 5.53. The van der Waals surface area contributed by atoms with Crippen LogP contribution < -0.4 is 4.74 Å². The molecule has 1 saturated carbocycles. The summed E-state index contributed by atoms with van der Waals surface area (Å²) in [5.41, 5.74) is 1.19. The van der Waals surface area contributed by atoms with Gasteiger partial charge in [0.25, 0.3) is 0 Å². The summed E-state index contributed by atoms with van der Waals surface area (Å²) in [6.07, 6.45) is 3.84. The largest absolute Gasteiger partial charge is 0.494 e. The molecule has 0 saturated heterocycles. The second kappa shape index (κ2) is 5.42. The molecule has 0 N–H and O–H groups in total. The van der Waals surface area contributed by atoms with Gasteiger partial charge in [-0.2, -0.15) is 0 Å². The number of hydrogen-bond donors (Lipinski definition) is 0. The Bertz CT molecular complexity index is 363. The van der Waals surface area contributed by atoms with Crippen molar-refractivity contribution in [2.75, 3.05) is 6.61 Å². The van der Waals surface area contributed by atoms with Gasteiger partial charge in [-0.15, -0.1) is 11.6 Å². The van der Waals surface area contributed by atoms with Crippen LogP contribution in [0.3, 0.4) is 0 Å². The van der Waals surface area contributed by atoms with Crippen molar-refractivity contribution in [3.8, 4) is 5.75 Å². The van der Waals surface area contributed by atoms with E-state index in [1.54, 1.807) is 0 Å². The molecule has 0 radical (unpaired) electrons. The van der Waals surface area contributed by atoms with E-state index >= 15 is 0 Å². The summed E-state index contributed by atoms with van der Waals surface area (Å²) >= 11 is 10.0. The predicted molar refractivity (Wildman–Crippen MR) is 71.2 cm³/mol. The van der Waals surface area contributed by atoms with Gasteiger partial charge in [0.15, 0.2) is 0 Å². The zero-order valence-electron chi connectivity index (χ0n) is 9.38. The van der Waals surface area contributed by atoms with Crippen LogP contribution in [-0.2, 0) is 0 Å². The third kappa shape index (κ3) is 2.54. The van der Waals surface area contributed by atoms with Crippen LogP contribution in [0.25, 0.3) is 0 Å². The van der Waals surface area contributed by atoms with Crippen LogP contribution in [-0.4, -0.2) is 6.61 Å². The van der Waals surface area contributed by atoms with Gasteiger partial charge in [-0.1, -0.05) is 28.4 Å². The second-order valence-electron chi connectivity index (χ2n) is 4.21. The van der Waals surface area contributed by atoms with Crippen LogP contribution in [0.15, 0.2) is 22.7 Å². The fraction of sp³-hybridized carbons (Fsp3) is 0.538. The maximum Gasteiger partial charge on any atom is 0.120 e. The van der Waals surface area contributed by atoms with Crippen molar-refractivity contribution in [3.05, 3.63) is 28.2 Å². The number of rotatable bonds is 4. The molecule has 1 nitrogen and oxygen atoms in total. The Kier molecular flexibility index (Phi) is 4.15. The highest BCUT2D eigenvalue weighted by atomic mass is 79.9. The molecule has 16 heavy (non-hydrogen) atoms. The summed E-state index contributed by atoms with van der Waals surface area (Å²) in [5.74, 6) is 1.55. The highest BCUT2D eigenvalue weighted by molar-refractivity contribution is 9.10. The van der Waals surface area contributed by atoms with Crippen molar-refractivity contribution < 1.29 is 4.74 Å². The number of hydrogen-bond acceptors (Lipinski definition) is 1. The molecule has 0 bridgehead atoms. The van der Waals surface area contributed by atoms with Gasteiger partial charge in [0, 0.05) is 4.47 Å². The van der Waals surface area contributed by atoms with E-state index in [1.807, 2.05) is 19.1 Å². The van der Waals surface area contributed by atoms with Crippen molar-refractivity contribution >= 4 is 27.5 Å². The number of halogens is 2. The molecule has 1 aromatic rings. The summed E-state index contributed by atoms with van der Waals surface area (Å²) in [4.78, 5) is 0. The molecule has 0 heterocycles. The Balaban J connectivity index is 2.14. The topological polar surface area (TPSA) is 9.23 Å². The third-order valence-corrected chi connectivity index (χ3v) is 4.42. The predicted octanol–water partition coefficient (Wildman–Crippen LogP) is 4.93. The minimum Gasteiger partial charge on any atom is -0.494 e. The van der Waals surface area contributed by atoms with Gasteiger partial charge in [-0.3, -0.25) is 0 Å². The standard InChI is InChI=1S/C13H16BrClO/c1-2-16-10-6-7-11(12(14)8-10)13(15)9-4-3-5-9/h6-9,13H,2-5H2,1H3. The lowest BCUT2D eigenvalue weighted by molar-refractivity contribution is 0.304. The van der Waals surface area contributed by atoms with Crippen LogP contribution in [0.5, 0.6) is 5.75 Å². The first-order valence-electron chi connectivity index (χ1n) is 5.78. The molecular formula is C13H16BrClO. The zero-order valence-corrected chi connectivity index (χ0v) is 11.7. The lowest BCUT2D eigenvalue weighted by Crippen LogP contribution is -2.16. The van der Waals surface area contributed by atoms with E-state index in [0.717, 1.165) is 10.2 Å². The highest BCUT2D eigenvalue weighted by Crippen LogP contribution is 2.44. The lowest BCUT2D eigenvalue weighted by Gasteiger charge is -2.30. The average molecular weight is 304 g/mol. The molecule has 0 aliphatic heterocycles. The van der Waals surface area contributed by atoms with Crippen molar-refractivity contribution in [1.82, 2.24) is 0 Å². The number of ether oxygens (including phenoxy) is 1. The minimum absolute atomic E-state index is 0.138. The Morgan fingerprint density at radius 3 is 2.75 bits per heavy atom. The summed E-state index contributed by atoms with van der Waals surface area (Å²) in [7, 11) is 0. The van der Waals surface area contributed by atoms with Gasteiger partial charge in [0.05, 0.1) is 12.0 Å². The molecule has 1 fully saturated rings. The van der Waals surface area contributed by atoms with Crippen molar-refractivity contribution in [2.45, 2.75) is 31.6 Å². The Morgan fingerprint density at radius 1 is 1.50 bits per heavy atom. The molecule has 88 valence electrons. The minimum atomic E-state index is 0.138. The molecule has 0 amide bonds. The monoisotopic (exact) mass is 302 g/mol. The van der Waals surface area contributed by atoms with E-state index in [2.05, 4.69) is 22.0 Å². The molecule has 1 aliphatic rings. The van der Waals surface area contributed by atoms with Crippen LogP contribution in [0.1, 0.15) is 37.1 Å². The fourth-order valence-electron chi connectivity index (χ4n) is 1.97. The van der Waals surface area contributed by atoms with Crippen molar-refractivity contribution in [1.29, 1.82) is 0 Å². The zero-order chi connectivity index (χ0) is 11.5. The van der Waals surface area contributed by atoms with Crippen LogP contribution in [0.2, 0.25) is 0 Å². The Morgan fingerprint density at radius 2 is 2.25 bits per heavy atom. The molecule has 1 aliphatic carbocycles. The van der Waals surface area contributed by atoms with E-state index in [9.17, 15) is 0 Å². The van der Waals surface area contributed by atoms with Gasteiger partial charge >= 0.3 is 0 Å². The quantitative estimate of drug-likeness (QED) is 0.717. The molecule has 1 aromatic carbocycles. The highest BCUT2D eigenvalue weighted by Gasteiger charge is 2.28. The number of alkyl halides is 1. The smallest absolute Gasteiger partial charge is 0.120 e. The first-order valence-corrected chi connectivity index (χ1v) is 7.01. The van der Waals surface area contributed by atoms with Crippen LogP contribution >= 0.6 is 27.5 Å². The van der Waals surface area contributed by atoms with Crippen molar-refractivity contribution in [2.24, 2.45) is 5.92 Å². The first-order chi connectivity index (χ1) is 7.72. The van der Waals surface area contributed by atoms with E-state index in [0.29, 0.717) is 12.5 Å². The van der Waals surface area contributed by atoms with Gasteiger partial charge < -0.3 is 4.74 Å². The van der Waals surface area contributed by atoms with E-state index in [4.69, 9.17) is 16.3 Å². The lowest BCUT2D eigenvalue weighted by atomic mass is 9.80. The average Bonchev–Trinajstić information content (AvgIpc) is 2.15. The maximum atomic E-state index is 6.47. The number of benzene rings is 1. The summed E-state index contributed by atoms with van der Waals surface area (Å²) in [6, 6.07) is 6.08. The summed E-state index contributed by atoms with van der Waals surface area (Å²) in [6.45, 7) is 2.68. The van der Waals surface area contributed by atoms with Crippen molar-refractivity contribution in [3.63, 3.8) is 0 Å². The van der Waals surface area contributed by atoms with Crippen LogP contribution in [0, 0.1) is 5.92 Å². The van der Waals surface area contributed by atoms with E-state index in [1.165, 1.54) is 24.8 Å². The van der Waals surface area contributed by atoms with Crippen LogP contribution in [0.4, 0.5) is 0 Å². The molecule has 0 aromatic heterocycles. The first kappa shape index (κ1) is 12.3. The molecule has 0 spiro atoms. The molecule has 1 unspecified atom stereocenters. The van der Waals surface area contributed by atoms with Gasteiger partial charge in [-0.25, -0.2) is 0 Å². The normalized spacial score (nSPS) is 17.9. The molecular weight excluding hydrogens is 287 g/mol. The van der Waals surface area contributed by atoms with Gasteiger partial charge in [0.1, 0.15) is 5.75 Å².